The number of pyridine rings is 1. The van der Waals surface area contributed by atoms with Gasteiger partial charge in [0.15, 0.2) is 0 Å². The minimum absolute atomic E-state index is 0.0285. The van der Waals surface area contributed by atoms with Crippen molar-refractivity contribution < 1.29 is 4.79 Å². The molecule has 0 atom stereocenters. The molecule has 0 aliphatic rings. The maximum Gasteiger partial charge on any atom is 0.261 e. The fraction of sp³-hybridized carbons (Fsp3) is 0.167. The van der Waals surface area contributed by atoms with Crippen LogP contribution in [0.25, 0.3) is 0 Å². The molecule has 0 bridgehead atoms. The minimum Gasteiger partial charge on any atom is -0.382 e. The summed E-state index contributed by atoms with van der Waals surface area (Å²) in [5.74, 6) is -0.0285. The Balaban J connectivity index is 1.72. The van der Waals surface area contributed by atoms with Gasteiger partial charge in [0.2, 0.25) is 0 Å². The molecule has 18 heavy (non-hydrogen) atoms. The third-order valence-corrected chi connectivity index (χ3v) is 3.49. The van der Waals surface area contributed by atoms with Crippen LogP contribution in [0.5, 0.6) is 0 Å². The first-order chi connectivity index (χ1) is 8.75. The molecule has 1 amide bonds. The number of hydrogen-bond donors (Lipinski definition) is 2. The molecule has 0 aliphatic heterocycles. The molecule has 6 heteroatoms. The van der Waals surface area contributed by atoms with Crippen LogP contribution in [0.15, 0.2) is 40.4 Å². The van der Waals surface area contributed by atoms with Crippen molar-refractivity contribution in [1.82, 2.24) is 10.3 Å². The summed E-state index contributed by atoms with van der Waals surface area (Å²) in [6.45, 7) is 1.23. The van der Waals surface area contributed by atoms with Crippen molar-refractivity contribution in [3.8, 4) is 0 Å². The summed E-state index contributed by atoms with van der Waals surface area (Å²) in [6.07, 6.45) is 3.47. The van der Waals surface area contributed by atoms with Gasteiger partial charge in [0.25, 0.3) is 5.91 Å². The summed E-state index contributed by atoms with van der Waals surface area (Å²) >= 11 is 4.79. The summed E-state index contributed by atoms with van der Waals surface area (Å²) in [5, 5.41) is 7.92. The molecule has 2 heterocycles. The summed E-state index contributed by atoms with van der Waals surface area (Å²) in [4.78, 5) is 16.4. The lowest BCUT2D eigenvalue weighted by Gasteiger charge is -2.07. The molecule has 2 N–H and O–H groups in total. The van der Waals surface area contributed by atoms with Crippen molar-refractivity contribution in [3.05, 3.63) is 45.3 Å². The first kappa shape index (κ1) is 13.0. The first-order valence-corrected chi connectivity index (χ1v) is 7.09. The van der Waals surface area contributed by atoms with Gasteiger partial charge in [-0.25, -0.2) is 0 Å². The predicted octanol–water partition coefficient (Wildman–Crippen LogP) is 2.75. The smallest absolute Gasteiger partial charge is 0.261 e. The maximum absolute atomic E-state index is 11.6. The second-order valence-electron chi connectivity index (χ2n) is 3.55. The van der Waals surface area contributed by atoms with Crippen LogP contribution < -0.4 is 10.6 Å². The van der Waals surface area contributed by atoms with E-state index in [4.69, 9.17) is 0 Å². The topological polar surface area (TPSA) is 54.0 Å². The Morgan fingerprint density at radius 3 is 3.00 bits per heavy atom. The molecule has 2 aromatic rings. The molecule has 0 aliphatic carbocycles. The molecule has 0 saturated carbocycles. The zero-order chi connectivity index (χ0) is 12.8. The number of hydrogen-bond acceptors (Lipinski definition) is 4. The Bertz CT molecular complexity index is 516. The van der Waals surface area contributed by atoms with Crippen LogP contribution in [0.3, 0.4) is 0 Å². The fourth-order valence-electron chi connectivity index (χ4n) is 1.39. The van der Waals surface area contributed by atoms with Gasteiger partial charge in [-0.2, -0.15) is 0 Å². The molecule has 0 unspecified atom stereocenters. The summed E-state index contributed by atoms with van der Waals surface area (Å²) in [7, 11) is 0. The van der Waals surface area contributed by atoms with Gasteiger partial charge in [-0.15, -0.1) is 11.3 Å². The Kier molecular flexibility index (Phi) is 4.72. The minimum atomic E-state index is -0.0285. The zero-order valence-electron chi connectivity index (χ0n) is 9.52. The molecule has 0 fully saturated rings. The summed E-state index contributed by atoms with van der Waals surface area (Å²) < 4.78 is 0.926. The fourth-order valence-corrected chi connectivity index (χ4v) is 2.39. The number of carbonyl (C=O) groups is 1. The van der Waals surface area contributed by atoms with E-state index in [1.165, 1.54) is 11.3 Å². The first-order valence-electron chi connectivity index (χ1n) is 5.42. The van der Waals surface area contributed by atoms with Gasteiger partial charge in [0, 0.05) is 23.8 Å². The third-order valence-electron chi connectivity index (χ3n) is 2.19. The van der Waals surface area contributed by atoms with Gasteiger partial charge in [0.1, 0.15) is 0 Å². The molecule has 0 radical (unpaired) electrons. The highest BCUT2D eigenvalue weighted by atomic mass is 79.9. The number of nitrogens with one attached hydrogen (secondary N) is 2. The van der Waals surface area contributed by atoms with E-state index in [9.17, 15) is 4.79 Å². The third kappa shape index (κ3) is 3.82. The number of amides is 1. The van der Waals surface area contributed by atoms with Gasteiger partial charge in [-0.3, -0.25) is 9.78 Å². The van der Waals surface area contributed by atoms with Gasteiger partial charge in [-0.05, 0) is 33.4 Å². The molecule has 4 nitrogen and oxygen atoms in total. The van der Waals surface area contributed by atoms with Gasteiger partial charge in [-0.1, -0.05) is 6.07 Å². The number of anilines is 1. The van der Waals surface area contributed by atoms with Crippen molar-refractivity contribution >= 4 is 38.9 Å². The molecule has 0 saturated heterocycles. The summed E-state index contributed by atoms with van der Waals surface area (Å²) in [5.41, 5.74) is 0.926. The molecule has 0 aromatic carbocycles. The quantitative estimate of drug-likeness (QED) is 0.831. The van der Waals surface area contributed by atoms with Gasteiger partial charge in [0.05, 0.1) is 16.8 Å². The summed E-state index contributed by atoms with van der Waals surface area (Å²) in [6, 6.07) is 5.62. The monoisotopic (exact) mass is 325 g/mol. The number of thiophene rings is 1. The Morgan fingerprint density at radius 1 is 1.39 bits per heavy atom. The van der Waals surface area contributed by atoms with E-state index in [2.05, 4.69) is 31.5 Å². The molecular formula is C12H12BrN3OS. The number of aromatic nitrogens is 1. The lowest BCUT2D eigenvalue weighted by molar-refractivity contribution is 0.0959. The van der Waals surface area contributed by atoms with Crippen LogP contribution in [-0.4, -0.2) is 24.0 Å². The van der Waals surface area contributed by atoms with E-state index in [0.717, 1.165) is 15.0 Å². The number of carbonyl (C=O) groups excluding carboxylic acids is 1. The standard InChI is InChI=1S/C12H12BrN3OS/c13-9-6-10(8-14-7-9)15-3-4-16-12(17)11-2-1-5-18-11/h1-2,5-8,15H,3-4H2,(H,16,17). The van der Waals surface area contributed by atoms with E-state index in [0.29, 0.717) is 13.1 Å². The van der Waals surface area contributed by atoms with Crippen molar-refractivity contribution in [2.75, 3.05) is 18.4 Å². The molecule has 0 spiro atoms. The van der Waals surface area contributed by atoms with Crippen molar-refractivity contribution in [2.24, 2.45) is 0 Å². The van der Waals surface area contributed by atoms with Crippen LogP contribution in [0, 0.1) is 0 Å². The SMILES string of the molecule is O=C(NCCNc1cncc(Br)c1)c1cccs1. The average molecular weight is 326 g/mol. The normalized spacial score (nSPS) is 10.1. The highest BCUT2D eigenvalue weighted by Gasteiger charge is 2.04. The molecule has 2 aromatic heterocycles. The Hall–Kier alpha value is -1.40. The van der Waals surface area contributed by atoms with Crippen molar-refractivity contribution in [1.29, 1.82) is 0 Å². The molecule has 94 valence electrons. The van der Waals surface area contributed by atoms with Crippen LogP contribution in [0.1, 0.15) is 9.67 Å². The predicted molar refractivity (Wildman–Crippen MR) is 77.1 cm³/mol. The van der Waals surface area contributed by atoms with Crippen molar-refractivity contribution in [3.63, 3.8) is 0 Å². The van der Waals surface area contributed by atoms with Crippen LogP contribution >= 0.6 is 27.3 Å². The largest absolute Gasteiger partial charge is 0.382 e. The van der Waals surface area contributed by atoms with Crippen molar-refractivity contribution in [2.45, 2.75) is 0 Å². The molecule has 2 rings (SSSR count). The highest BCUT2D eigenvalue weighted by molar-refractivity contribution is 9.10. The lowest BCUT2D eigenvalue weighted by atomic mass is 10.4. The Morgan fingerprint density at radius 2 is 2.28 bits per heavy atom. The van der Waals surface area contributed by atoms with E-state index >= 15 is 0 Å². The van der Waals surface area contributed by atoms with E-state index in [1.54, 1.807) is 12.4 Å². The van der Waals surface area contributed by atoms with Crippen LogP contribution in [-0.2, 0) is 0 Å². The number of halogens is 1. The van der Waals surface area contributed by atoms with Crippen LogP contribution in [0.4, 0.5) is 5.69 Å². The van der Waals surface area contributed by atoms with E-state index in [1.807, 2.05) is 23.6 Å². The number of rotatable bonds is 5. The second-order valence-corrected chi connectivity index (χ2v) is 5.42. The Labute approximate surface area is 118 Å². The van der Waals surface area contributed by atoms with Gasteiger partial charge >= 0.3 is 0 Å². The maximum atomic E-state index is 11.6. The van der Waals surface area contributed by atoms with E-state index < -0.39 is 0 Å². The lowest BCUT2D eigenvalue weighted by Crippen LogP contribution is -2.28. The van der Waals surface area contributed by atoms with Gasteiger partial charge < -0.3 is 10.6 Å². The highest BCUT2D eigenvalue weighted by Crippen LogP contribution is 2.13. The second kappa shape index (κ2) is 6.51. The zero-order valence-corrected chi connectivity index (χ0v) is 11.9. The van der Waals surface area contributed by atoms with Crippen LogP contribution in [0.2, 0.25) is 0 Å². The van der Waals surface area contributed by atoms with E-state index in [-0.39, 0.29) is 5.91 Å². The average Bonchev–Trinajstić information content (AvgIpc) is 2.88. The molecular weight excluding hydrogens is 314 g/mol. The number of nitrogens with zero attached hydrogens (tertiary/aromatic N) is 1.